The number of halogens is 1. The van der Waals surface area contributed by atoms with Crippen molar-refractivity contribution >= 4 is 44.8 Å². The minimum atomic E-state index is -3.76. The van der Waals surface area contributed by atoms with Gasteiger partial charge in [-0.1, -0.05) is 49.1 Å². The molecule has 2 amide bonds. The Morgan fingerprint density at radius 3 is 2.47 bits per heavy atom. The van der Waals surface area contributed by atoms with Crippen molar-refractivity contribution in [2.24, 2.45) is 0 Å². The molecule has 9 heteroatoms. The van der Waals surface area contributed by atoms with E-state index >= 15 is 0 Å². The number of benzene rings is 2. The number of rotatable bonds is 7. The summed E-state index contributed by atoms with van der Waals surface area (Å²) in [5.41, 5.74) is 1.68. The van der Waals surface area contributed by atoms with Crippen LogP contribution < -0.4 is 14.9 Å². The number of aryl methyl sites for hydroxylation is 1. The van der Waals surface area contributed by atoms with Gasteiger partial charge in [-0.15, -0.1) is 0 Å². The molecule has 2 aromatic rings. The van der Waals surface area contributed by atoms with Crippen molar-refractivity contribution in [1.29, 1.82) is 0 Å². The van der Waals surface area contributed by atoms with E-state index in [4.69, 9.17) is 11.6 Å². The fraction of sp³-hybridized carbons (Fsp3) is 0.391. The molecule has 0 unspecified atom stereocenters. The average molecular weight is 478 g/mol. The number of hydrogen-bond donors (Lipinski definition) is 2. The predicted octanol–water partition coefficient (Wildman–Crippen LogP) is 4.12. The van der Waals surface area contributed by atoms with Gasteiger partial charge in [-0.05, 0) is 49.6 Å². The molecule has 32 heavy (non-hydrogen) atoms. The molecule has 1 fully saturated rings. The monoisotopic (exact) mass is 477 g/mol. The van der Waals surface area contributed by atoms with Gasteiger partial charge < -0.3 is 10.6 Å². The van der Waals surface area contributed by atoms with Crippen LogP contribution in [0.25, 0.3) is 0 Å². The average Bonchev–Trinajstić information content (AvgIpc) is 2.74. The third-order valence-electron chi connectivity index (χ3n) is 5.51. The van der Waals surface area contributed by atoms with Gasteiger partial charge in [-0.3, -0.25) is 13.9 Å². The second-order valence-corrected chi connectivity index (χ2v) is 10.4. The molecule has 0 atom stereocenters. The van der Waals surface area contributed by atoms with E-state index in [-0.39, 0.29) is 11.9 Å². The van der Waals surface area contributed by atoms with Gasteiger partial charge in [0.05, 0.1) is 23.2 Å². The summed E-state index contributed by atoms with van der Waals surface area (Å²) >= 11 is 6.05. The van der Waals surface area contributed by atoms with E-state index in [1.807, 2.05) is 0 Å². The van der Waals surface area contributed by atoms with Gasteiger partial charge in [0, 0.05) is 11.1 Å². The first-order chi connectivity index (χ1) is 15.1. The van der Waals surface area contributed by atoms with Crippen molar-refractivity contribution in [2.75, 3.05) is 22.4 Å². The lowest BCUT2D eigenvalue weighted by Gasteiger charge is -2.25. The van der Waals surface area contributed by atoms with Gasteiger partial charge in [-0.25, -0.2) is 8.42 Å². The number of nitrogens with one attached hydrogen (secondary N) is 2. The van der Waals surface area contributed by atoms with Gasteiger partial charge in [0.1, 0.15) is 6.54 Å². The molecular weight excluding hydrogens is 450 g/mol. The number of anilines is 2. The highest BCUT2D eigenvalue weighted by atomic mass is 35.5. The maximum Gasteiger partial charge on any atom is 0.253 e. The Bertz CT molecular complexity index is 1100. The topological polar surface area (TPSA) is 95.6 Å². The van der Waals surface area contributed by atoms with E-state index in [9.17, 15) is 18.0 Å². The van der Waals surface area contributed by atoms with Gasteiger partial charge in [0.2, 0.25) is 15.9 Å². The van der Waals surface area contributed by atoms with Gasteiger partial charge in [-0.2, -0.15) is 0 Å². The molecule has 0 aliphatic heterocycles. The summed E-state index contributed by atoms with van der Waals surface area (Å²) in [6.45, 7) is 1.30. The quantitative estimate of drug-likeness (QED) is 0.627. The Kier molecular flexibility index (Phi) is 7.79. The summed E-state index contributed by atoms with van der Waals surface area (Å²) in [7, 11) is -3.76. The summed E-state index contributed by atoms with van der Waals surface area (Å²) in [5, 5.41) is 6.10. The molecule has 1 aliphatic rings. The first-order valence-corrected chi connectivity index (χ1v) is 12.8. The number of hydrogen-bond acceptors (Lipinski definition) is 4. The molecule has 0 bridgehead atoms. The van der Waals surface area contributed by atoms with Crippen LogP contribution in [0.3, 0.4) is 0 Å². The number of carbonyl (C=O) groups excluding carboxylic acids is 2. The van der Waals surface area contributed by atoms with E-state index in [2.05, 4.69) is 10.6 Å². The SMILES string of the molecule is Cc1ccc(Cl)cc1N(CC(=O)Nc1ccccc1C(=O)NC1CCCCC1)S(C)(=O)=O. The molecule has 1 aliphatic carbocycles. The molecule has 2 N–H and O–H groups in total. The Labute approximate surface area is 194 Å². The number of sulfonamides is 1. The third kappa shape index (κ3) is 6.23. The van der Waals surface area contributed by atoms with Crippen LogP contribution in [0.1, 0.15) is 48.0 Å². The lowest BCUT2D eigenvalue weighted by atomic mass is 9.95. The summed E-state index contributed by atoms with van der Waals surface area (Å²) < 4.78 is 25.8. The lowest BCUT2D eigenvalue weighted by molar-refractivity contribution is -0.114. The molecular formula is C23H28ClN3O4S. The third-order valence-corrected chi connectivity index (χ3v) is 6.88. The maximum atomic E-state index is 12.8. The van der Waals surface area contributed by atoms with Gasteiger partial charge in [0.25, 0.3) is 5.91 Å². The van der Waals surface area contributed by atoms with Crippen LogP contribution in [0.4, 0.5) is 11.4 Å². The molecule has 0 aromatic heterocycles. The summed E-state index contributed by atoms with van der Waals surface area (Å²) in [4.78, 5) is 25.6. The fourth-order valence-corrected chi connectivity index (χ4v) is 4.92. The molecule has 0 radical (unpaired) electrons. The normalized spacial score (nSPS) is 14.6. The smallest absolute Gasteiger partial charge is 0.253 e. The highest BCUT2D eigenvalue weighted by Gasteiger charge is 2.24. The van der Waals surface area contributed by atoms with Crippen molar-refractivity contribution in [3.63, 3.8) is 0 Å². The second-order valence-electron chi connectivity index (χ2n) is 8.10. The van der Waals surface area contributed by atoms with Crippen LogP contribution in [0, 0.1) is 6.92 Å². The maximum absolute atomic E-state index is 12.8. The standard InChI is InChI=1S/C23H28ClN3O4S/c1-16-12-13-17(24)14-21(16)27(32(2,30)31)15-22(28)26-20-11-7-6-10-19(20)23(29)25-18-8-4-3-5-9-18/h6-7,10-14,18H,3-5,8-9,15H2,1-2H3,(H,25,29)(H,26,28). The number of amides is 2. The summed E-state index contributed by atoms with van der Waals surface area (Å²) in [5.74, 6) is -0.814. The highest BCUT2D eigenvalue weighted by Crippen LogP contribution is 2.26. The number of carbonyl (C=O) groups is 2. The zero-order valence-electron chi connectivity index (χ0n) is 18.2. The van der Waals surface area contributed by atoms with E-state index in [0.717, 1.165) is 36.2 Å². The second kappa shape index (κ2) is 10.4. The van der Waals surface area contributed by atoms with Crippen molar-refractivity contribution < 1.29 is 18.0 Å². The van der Waals surface area contributed by atoms with Crippen molar-refractivity contribution in [3.05, 3.63) is 58.6 Å². The van der Waals surface area contributed by atoms with E-state index in [1.165, 1.54) is 12.5 Å². The predicted molar refractivity (Wildman–Crippen MR) is 128 cm³/mol. The lowest BCUT2D eigenvalue weighted by Crippen LogP contribution is -2.39. The van der Waals surface area contributed by atoms with Crippen LogP contribution in [0.15, 0.2) is 42.5 Å². The highest BCUT2D eigenvalue weighted by molar-refractivity contribution is 7.92. The van der Waals surface area contributed by atoms with Gasteiger partial charge in [0.15, 0.2) is 0 Å². The number of para-hydroxylation sites is 1. The molecule has 0 saturated heterocycles. The fourth-order valence-electron chi connectivity index (χ4n) is 3.85. The van der Waals surface area contributed by atoms with Crippen LogP contribution >= 0.6 is 11.6 Å². The summed E-state index contributed by atoms with van der Waals surface area (Å²) in [6, 6.07) is 11.7. The number of nitrogens with zero attached hydrogens (tertiary/aromatic N) is 1. The van der Waals surface area contributed by atoms with Gasteiger partial charge >= 0.3 is 0 Å². The first kappa shape index (κ1) is 24.1. The van der Waals surface area contributed by atoms with E-state index in [1.54, 1.807) is 43.3 Å². The zero-order valence-corrected chi connectivity index (χ0v) is 19.8. The Morgan fingerprint density at radius 2 is 1.78 bits per heavy atom. The van der Waals surface area contributed by atoms with E-state index < -0.39 is 22.5 Å². The summed E-state index contributed by atoms with van der Waals surface area (Å²) in [6.07, 6.45) is 6.29. The molecule has 2 aromatic carbocycles. The largest absolute Gasteiger partial charge is 0.349 e. The molecule has 0 heterocycles. The van der Waals surface area contributed by atoms with Crippen molar-refractivity contribution in [2.45, 2.75) is 45.1 Å². The molecule has 172 valence electrons. The van der Waals surface area contributed by atoms with Crippen LogP contribution in [0.5, 0.6) is 0 Å². The first-order valence-electron chi connectivity index (χ1n) is 10.6. The Hall–Kier alpha value is -2.58. The zero-order chi connectivity index (χ0) is 23.3. The molecule has 3 rings (SSSR count). The Morgan fingerprint density at radius 1 is 1.09 bits per heavy atom. The minimum absolute atomic E-state index is 0.131. The van der Waals surface area contributed by atoms with E-state index in [0.29, 0.717) is 27.5 Å². The van der Waals surface area contributed by atoms with Crippen LogP contribution in [0.2, 0.25) is 5.02 Å². The van der Waals surface area contributed by atoms with Crippen LogP contribution in [-0.2, 0) is 14.8 Å². The molecule has 0 spiro atoms. The van der Waals surface area contributed by atoms with Crippen molar-refractivity contribution in [3.8, 4) is 0 Å². The molecule has 7 nitrogen and oxygen atoms in total. The molecule has 1 saturated carbocycles. The minimum Gasteiger partial charge on any atom is -0.349 e. The Balaban J connectivity index is 1.77. The van der Waals surface area contributed by atoms with Crippen LogP contribution in [-0.4, -0.2) is 39.1 Å². The van der Waals surface area contributed by atoms with Crippen molar-refractivity contribution in [1.82, 2.24) is 5.32 Å².